The van der Waals surface area contributed by atoms with Gasteiger partial charge in [0.15, 0.2) is 11.5 Å². The van der Waals surface area contributed by atoms with Crippen molar-refractivity contribution in [3.05, 3.63) is 29.8 Å². The van der Waals surface area contributed by atoms with Gasteiger partial charge in [0.25, 0.3) is 0 Å². The molecule has 2 aromatic rings. The van der Waals surface area contributed by atoms with Crippen LogP contribution in [0.3, 0.4) is 0 Å². The molecule has 0 radical (unpaired) electrons. The summed E-state index contributed by atoms with van der Waals surface area (Å²) in [6, 6.07) is 3.85. The molecule has 1 aliphatic rings. The zero-order valence-corrected chi connectivity index (χ0v) is 11.7. The van der Waals surface area contributed by atoms with Gasteiger partial charge >= 0.3 is 0 Å². The van der Waals surface area contributed by atoms with Crippen LogP contribution in [0.5, 0.6) is 0 Å². The molecule has 0 amide bonds. The largest absolute Gasteiger partial charge is 0.386 e. The van der Waals surface area contributed by atoms with Crippen LogP contribution in [0, 0.1) is 11.3 Å². The van der Waals surface area contributed by atoms with E-state index >= 15 is 0 Å². The van der Waals surface area contributed by atoms with Crippen molar-refractivity contribution in [2.24, 2.45) is 0 Å². The quantitative estimate of drug-likeness (QED) is 0.886. The third-order valence-electron chi connectivity index (χ3n) is 3.61. The molecule has 0 unspecified atom stereocenters. The van der Waals surface area contributed by atoms with Crippen LogP contribution >= 0.6 is 0 Å². The number of hydrogen-bond acceptors (Lipinski definition) is 7. The molecule has 0 saturated heterocycles. The first kappa shape index (κ1) is 13.2. The Morgan fingerprint density at radius 3 is 2.62 bits per heavy atom. The molecule has 1 saturated carbocycles. The third kappa shape index (κ3) is 2.74. The van der Waals surface area contributed by atoms with Crippen LogP contribution in [0.4, 0.5) is 17.3 Å². The van der Waals surface area contributed by atoms with Crippen molar-refractivity contribution in [2.45, 2.75) is 25.2 Å². The van der Waals surface area contributed by atoms with Gasteiger partial charge in [0, 0.05) is 19.0 Å². The summed E-state index contributed by atoms with van der Waals surface area (Å²) < 4.78 is 0. The van der Waals surface area contributed by atoms with E-state index in [4.69, 9.17) is 5.26 Å². The summed E-state index contributed by atoms with van der Waals surface area (Å²) >= 11 is 0. The van der Waals surface area contributed by atoms with Crippen molar-refractivity contribution in [3.8, 4) is 6.07 Å². The highest BCUT2D eigenvalue weighted by atomic mass is 15.2. The molecule has 0 aromatic carbocycles. The standard InChI is InChI=1S/C14H15N7/c1-16-11-5-12(20-21-14(11)9-3-2-4-9)19-13-8-17-10(6-15)7-18-13/h5,7-9H,2-4H2,1H3,(H2,16,18,19,20). The van der Waals surface area contributed by atoms with Crippen molar-refractivity contribution in [1.82, 2.24) is 20.2 Å². The lowest BCUT2D eigenvalue weighted by Crippen LogP contribution is -2.14. The van der Waals surface area contributed by atoms with Gasteiger partial charge in [-0.2, -0.15) is 10.4 Å². The number of nitrogens with one attached hydrogen (secondary N) is 2. The smallest absolute Gasteiger partial charge is 0.158 e. The van der Waals surface area contributed by atoms with Gasteiger partial charge in [0.05, 0.1) is 23.8 Å². The van der Waals surface area contributed by atoms with Crippen LogP contribution < -0.4 is 10.6 Å². The minimum Gasteiger partial charge on any atom is -0.386 e. The molecular weight excluding hydrogens is 266 g/mol. The Morgan fingerprint density at radius 1 is 1.19 bits per heavy atom. The van der Waals surface area contributed by atoms with Gasteiger partial charge in [-0.25, -0.2) is 9.97 Å². The molecule has 1 aliphatic carbocycles. The predicted molar refractivity (Wildman–Crippen MR) is 78.2 cm³/mol. The van der Waals surface area contributed by atoms with Gasteiger partial charge < -0.3 is 10.6 Å². The van der Waals surface area contributed by atoms with E-state index in [9.17, 15) is 0 Å². The number of hydrogen-bond donors (Lipinski definition) is 2. The maximum atomic E-state index is 8.69. The lowest BCUT2D eigenvalue weighted by atomic mass is 9.82. The second kappa shape index (κ2) is 5.71. The molecule has 2 N–H and O–H groups in total. The van der Waals surface area contributed by atoms with E-state index in [1.165, 1.54) is 31.7 Å². The molecule has 2 aromatic heterocycles. The number of anilines is 3. The van der Waals surface area contributed by atoms with Crippen molar-refractivity contribution >= 4 is 17.3 Å². The first-order valence-electron chi connectivity index (χ1n) is 6.84. The summed E-state index contributed by atoms with van der Waals surface area (Å²) in [5, 5.41) is 23.4. The Kier molecular flexibility index (Phi) is 3.60. The van der Waals surface area contributed by atoms with Crippen LogP contribution in [0.2, 0.25) is 0 Å². The average molecular weight is 281 g/mol. The molecule has 1 fully saturated rings. The Bertz CT molecular complexity index is 671. The monoisotopic (exact) mass is 281 g/mol. The summed E-state index contributed by atoms with van der Waals surface area (Å²) in [5.74, 6) is 1.65. The summed E-state index contributed by atoms with van der Waals surface area (Å²) in [7, 11) is 1.88. The van der Waals surface area contributed by atoms with E-state index in [-0.39, 0.29) is 5.69 Å². The summed E-state index contributed by atoms with van der Waals surface area (Å²) in [6.07, 6.45) is 6.53. The number of aromatic nitrogens is 4. The van der Waals surface area contributed by atoms with Crippen LogP contribution in [0.15, 0.2) is 18.5 Å². The highest BCUT2D eigenvalue weighted by Gasteiger charge is 2.24. The lowest BCUT2D eigenvalue weighted by molar-refractivity contribution is 0.409. The maximum Gasteiger partial charge on any atom is 0.158 e. The molecule has 0 aliphatic heterocycles. The molecule has 0 atom stereocenters. The number of rotatable bonds is 4. The van der Waals surface area contributed by atoms with Gasteiger partial charge in [-0.3, -0.25) is 0 Å². The van der Waals surface area contributed by atoms with Gasteiger partial charge in [-0.05, 0) is 12.8 Å². The minimum atomic E-state index is 0.280. The summed E-state index contributed by atoms with van der Waals surface area (Å²) in [6.45, 7) is 0. The molecule has 0 spiro atoms. The molecule has 2 heterocycles. The van der Waals surface area contributed by atoms with E-state index in [2.05, 4.69) is 30.8 Å². The average Bonchev–Trinajstić information content (AvgIpc) is 2.48. The fourth-order valence-corrected chi connectivity index (χ4v) is 2.23. The van der Waals surface area contributed by atoms with Crippen molar-refractivity contribution in [3.63, 3.8) is 0 Å². The predicted octanol–water partition coefficient (Wildman–Crippen LogP) is 2.19. The van der Waals surface area contributed by atoms with E-state index in [1.54, 1.807) is 0 Å². The van der Waals surface area contributed by atoms with Crippen LogP contribution in [0.25, 0.3) is 0 Å². The van der Waals surface area contributed by atoms with Crippen molar-refractivity contribution in [2.75, 3.05) is 17.7 Å². The topological polar surface area (TPSA) is 99.4 Å². The zero-order chi connectivity index (χ0) is 14.7. The van der Waals surface area contributed by atoms with Crippen molar-refractivity contribution < 1.29 is 0 Å². The number of nitrogens with zero attached hydrogens (tertiary/aromatic N) is 5. The Balaban J connectivity index is 1.80. The molecule has 7 nitrogen and oxygen atoms in total. The first-order valence-corrected chi connectivity index (χ1v) is 6.84. The van der Waals surface area contributed by atoms with E-state index < -0.39 is 0 Å². The molecule has 0 bridgehead atoms. The van der Waals surface area contributed by atoms with Gasteiger partial charge in [-0.1, -0.05) is 6.42 Å². The maximum absolute atomic E-state index is 8.69. The SMILES string of the molecule is CNc1cc(Nc2cnc(C#N)cn2)nnc1C1CCC1. The first-order chi connectivity index (χ1) is 10.3. The van der Waals surface area contributed by atoms with Crippen molar-refractivity contribution in [1.29, 1.82) is 5.26 Å². The van der Waals surface area contributed by atoms with E-state index in [0.29, 0.717) is 17.6 Å². The van der Waals surface area contributed by atoms with E-state index in [0.717, 1.165) is 11.4 Å². The van der Waals surface area contributed by atoms with Gasteiger partial charge in [0.1, 0.15) is 11.9 Å². The Labute approximate surface area is 122 Å². The van der Waals surface area contributed by atoms with Gasteiger partial charge in [0.2, 0.25) is 0 Å². The third-order valence-corrected chi connectivity index (χ3v) is 3.61. The fraction of sp³-hybridized carbons (Fsp3) is 0.357. The Hall–Kier alpha value is -2.75. The van der Waals surface area contributed by atoms with Crippen LogP contribution in [0.1, 0.15) is 36.6 Å². The minimum absolute atomic E-state index is 0.280. The molecular formula is C14H15N7. The highest BCUT2D eigenvalue weighted by molar-refractivity contribution is 5.59. The zero-order valence-electron chi connectivity index (χ0n) is 11.7. The summed E-state index contributed by atoms with van der Waals surface area (Å²) in [5.41, 5.74) is 2.29. The van der Waals surface area contributed by atoms with Crippen LogP contribution in [-0.4, -0.2) is 27.2 Å². The number of nitriles is 1. The van der Waals surface area contributed by atoms with E-state index in [1.807, 2.05) is 19.2 Å². The molecule has 106 valence electrons. The molecule has 3 rings (SSSR count). The summed E-state index contributed by atoms with van der Waals surface area (Å²) in [4.78, 5) is 8.06. The lowest BCUT2D eigenvalue weighted by Gasteiger charge is -2.26. The fourth-order valence-electron chi connectivity index (χ4n) is 2.23. The van der Waals surface area contributed by atoms with Crippen LogP contribution in [-0.2, 0) is 0 Å². The second-order valence-corrected chi connectivity index (χ2v) is 4.93. The molecule has 7 heteroatoms. The Morgan fingerprint density at radius 2 is 2.05 bits per heavy atom. The molecule has 21 heavy (non-hydrogen) atoms. The second-order valence-electron chi connectivity index (χ2n) is 4.93. The normalized spacial score (nSPS) is 14.1. The van der Waals surface area contributed by atoms with Gasteiger partial charge in [-0.15, -0.1) is 5.10 Å². The highest BCUT2D eigenvalue weighted by Crippen LogP contribution is 2.38.